The van der Waals surface area contributed by atoms with E-state index in [1.54, 1.807) is 0 Å². The molecule has 1 aromatic heterocycles. The van der Waals surface area contributed by atoms with Crippen LogP contribution in [-0.4, -0.2) is 40.6 Å². The lowest BCUT2D eigenvalue weighted by Gasteiger charge is -2.31. The molecule has 1 saturated carbocycles. The minimum Gasteiger partial charge on any atom is -0.353 e. The van der Waals surface area contributed by atoms with Gasteiger partial charge in [0.2, 0.25) is 5.95 Å². The zero-order valence-corrected chi connectivity index (χ0v) is 12.9. The highest BCUT2D eigenvalue weighted by atomic mass is 15.2. The number of rotatable bonds is 3. The maximum absolute atomic E-state index is 4.74. The lowest BCUT2D eigenvalue weighted by molar-refractivity contribution is 0.262. The molecule has 112 valence electrons. The fraction of sp³-hybridized carbons (Fsp3) is 0.812. The van der Waals surface area contributed by atoms with E-state index in [9.17, 15) is 0 Å². The van der Waals surface area contributed by atoms with Crippen molar-refractivity contribution >= 4 is 5.95 Å². The summed E-state index contributed by atoms with van der Waals surface area (Å²) in [5.74, 6) is 1.11. The molecule has 2 heterocycles. The molecule has 1 aromatic rings. The van der Waals surface area contributed by atoms with Crippen LogP contribution in [0.4, 0.5) is 5.95 Å². The third kappa shape index (κ3) is 3.17. The first kappa shape index (κ1) is 13.9. The van der Waals surface area contributed by atoms with Crippen molar-refractivity contribution in [2.45, 2.75) is 64.0 Å². The van der Waals surface area contributed by atoms with Crippen LogP contribution in [0.2, 0.25) is 0 Å². The number of nitrogens with one attached hydrogen (secondary N) is 1. The van der Waals surface area contributed by atoms with Gasteiger partial charge in [0, 0.05) is 18.3 Å². The van der Waals surface area contributed by atoms with Crippen molar-refractivity contribution in [2.75, 3.05) is 25.5 Å². The molecule has 1 aliphatic heterocycles. The van der Waals surface area contributed by atoms with E-state index in [1.165, 1.54) is 58.0 Å². The van der Waals surface area contributed by atoms with E-state index in [-0.39, 0.29) is 0 Å². The van der Waals surface area contributed by atoms with Crippen LogP contribution in [0.15, 0.2) is 6.20 Å². The van der Waals surface area contributed by atoms with Gasteiger partial charge in [0.1, 0.15) is 0 Å². The molecule has 1 saturated heterocycles. The van der Waals surface area contributed by atoms with Gasteiger partial charge in [0.25, 0.3) is 0 Å². The third-order valence-corrected chi connectivity index (χ3v) is 4.87. The monoisotopic (exact) mass is 276 g/mol. The smallest absolute Gasteiger partial charge is 0.203 e. The summed E-state index contributed by atoms with van der Waals surface area (Å²) in [7, 11) is 2.21. The molecule has 1 N–H and O–H groups in total. The first-order valence-corrected chi connectivity index (χ1v) is 8.23. The Hall–Kier alpha value is -1.03. The molecule has 0 bridgehead atoms. The van der Waals surface area contributed by atoms with Crippen LogP contribution in [0.25, 0.3) is 0 Å². The summed E-state index contributed by atoms with van der Waals surface area (Å²) < 4.78 is 2.42. The van der Waals surface area contributed by atoms with Crippen molar-refractivity contribution in [1.29, 1.82) is 0 Å². The Morgan fingerprint density at radius 3 is 2.50 bits per heavy atom. The van der Waals surface area contributed by atoms with Gasteiger partial charge in [-0.15, -0.1) is 0 Å². The van der Waals surface area contributed by atoms with Gasteiger partial charge < -0.3 is 14.8 Å². The minimum absolute atomic E-state index is 0.593. The van der Waals surface area contributed by atoms with Gasteiger partial charge >= 0.3 is 0 Å². The van der Waals surface area contributed by atoms with Crippen LogP contribution in [0.1, 0.15) is 56.7 Å². The zero-order chi connectivity index (χ0) is 13.9. The van der Waals surface area contributed by atoms with Gasteiger partial charge in [-0.1, -0.05) is 19.3 Å². The summed E-state index contributed by atoms with van der Waals surface area (Å²) in [5.41, 5.74) is 1.14. The van der Waals surface area contributed by atoms with Crippen molar-refractivity contribution in [3.8, 4) is 0 Å². The highest BCUT2D eigenvalue weighted by Gasteiger charge is 2.22. The predicted octanol–water partition coefficient (Wildman–Crippen LogP) is 3.20. The van der Waals surface area contributed by atoms with E-state index < -0.39 is 0 Å². The number of likely N-dealkylation sites (tertiary alicyclic amines) is 1. The maximum atomic E-state index is 4.74. The van der Waals surface area contributed by atoms with E-state index in [0.717, 1.165) is 11.6 Å². The second kappa shape index (κ2) is 6.17. The normalized spacial score (nSPS) is 23.1. The summed E-state index contributed by atoms with van der Waals surface area (Å²) in [5, 5.41) is 3.71. The van der Waals surface area contributed by atoms with Crippen LogP contribution in [0.5, 0.6) is 0 Å². The van der Waals surface area contributed by atoms with Crippen LogP contribution in [0.3, 0.4) is 0 Å². The number of anilines is 1. The molecule has 2 fully saturated rings. The van der Waals surface area contributed by atoms with Crippen LogP contribution in [0, 0.1) is 6.92 Å². The van der Waals surface area contributed by atoms with Crippen molar-refractivity contribution in [2.24, 2.45) is 0 Å². The van der Waals surface area contributed by atoms with Crippen LogP contribution < -0.4 is 5.32 Å². The van der Waals surface area contributed by atoms with Gasteiger partial charge in [-0.05, 0) is 52.7 Å². The number of aromatic nitrogens is 2. The van der Waals surface area contributed by atoms with Gasteiger partial charge in [-0.25, -0.2) is 4.98 Å². The Balaban J connectivity index is 1.69. The Morgan fingerprint density at radius 2 is 1.80 bits per heavy atom. The molecule has 0 amide bonds. The van der Waals surface area contributed by atoms with Crippen molar-refractivity contribution < 1.29 is 0 Å². The van der Waals surface area contributed by atoms with Crippen molar-refractivity contribution in [1.82, 2.24) is 14.5 Å². The van der Waals surface area contributed by atoms with Crippen molar-refractivity contribution in [3.63, 3.8) is 0 Å². The van der Waals surface area contributed by atoms with Crippen LogP contribution in [-0.2, 0) is 0 Å². The number of imidazole rings is 1. The Morgan fingerprint density at radius 1 is 1.10 bits per heavy atom. The average molecular weight is 276 g/mol. The van der Waals surface area contributed by atoms with Gasteiger partial charge in [0.15, 0.2) is 0 Å². The number of aryl methyl sites for hydroxylation is 1. The summed E-state index contributed by atoms with van der Waals surface area (Å²) in [6, 6.07) is 1.26. The molecule has 4 nitrogen and oxygen atoms in total. The fourth-order valence-electron chi connectivity index (χ4n) is 3.60. The highest BCUT2D eigenvalue weighted by molar-refractivity contribution is 5.31. The SMILES string of the molecule is Cc1cn(C2CCCCC2)c(NC2CCN(C)CC2)n1. The van der Waals surface area contributed by atoms with Gasteiger partial charge in [0.05, 0.1) is 5.69 Å². The number of piperidine rings is 1. The summed E-state index contributed by atoms with van der Waals surface area (Å²) in [4.78, 5) is 7.15. The molecule has 2 aliphatic rings. The highest BCUT2D eigenvalue weighted by Crippen LogP contribution is 2.31. The molecule has 20 heavy (non-hydrogen) atoms. The Kier molecular flexibility index (Phi) is 4.29. The van der Waals surface area contributed by atoms with E-state index in [0.29, 0.717) is 12.1 Å². The standard InChI is InChI=1S/C16H28N4/c1-13-12-20(15-6-4-3-5-7-15)16(17-13)18-14-8-10-19(2)11-9-14/h12,14-15H,3-11H2,1-2H3,(H,17,18). The Bertz CT molecular complexity index is 426. The Labute approximate surface area is 122 Å². The summed E-state index contributed by atoms with van der Waals surface area (Å²) in [6.45, 7) is 4.50. The van der Waals surface area contributed by atoms with E-state index in [2.05, 4.69) is 35.0 Å². The van der Waals surface area contributed by atoms with Crippen LogP contribution >= 0.6 is 0 Å². The lowest BCUT2D eigenvalue weighted by Crippen LogP contribution is -2.37. The fourth-order valence-corrected chi connectivity index (χ4v) is 3.60. The lowest BCUT2D eigenvalue weighted by atomic mass is 9.95. The molecule has 0 radical (unpaired) electrons. The second-order valence-corrected chi connectivity index (χ2v) is 6.63. The third-order valence-electron chi connectivity index (χ3n) is 4.87. The average Bonchev–Trinajstić information content (AvgIpc) is 2.83. The molecule has 4 heteroatoms. The quantitative estimate of drug-likeness (QED) is 0.920. The molecule has 0 atom stereocenters. The second-order valence-electron chi connectivity index (χ2n) is 6.63. The number of nitrogens with zero attached hydrogens (tertiary/aromatic N) is 3. The largest absolute Gasteiger partial charge is 0.353 e. The molecule has 3 rings (SSSR count). The molecular formula is C16H28N4. The van der Waals surface area contributed by atoms with E-state index >= 15 is 0 Å². The molecule has 0 aromatic carbocycles. The molecule has 1 aliphatic carbocycles. The molecular weight excluding hydrogens is 248 g/mol. The zero-order valence-electron chi connectivity index (χ0n) is 12.9. The first-order valence-electron chi connectivity index (χ1n) is 8.23. The van der Waals surface area contributed by atoms with Crippen molar-refractivity contribution in [3.05, 3.63) is 11.9 Å². The minimum atomic E-state index is 0.593. The predicted molar refractivity (Wildman–Crippen MR) is 83.2 cm³/mol. The number of hydrogen-bond donors (Lipinski definition) is 1. The summed E-state index contributed by atoms with van der Waals surface area (Å²) in [6.07, 6.45) is 11.5. The molecule has 0 unspecified atom stereocenters. The summed E-state index contributed by atoms with van der Waals surface area (Å²) >= 11 is 0. The first-order chi connectivity index (χ1) is 9.72. The van der Waals surface area contributed by atoms with E-state index in [4.69, 9.17) is 4.98 Å². The maximum Gasteiger partial charge on any atom is 0.203 e. The van der Waals surface area contributed by atoms with Gasteiger partial charge in [-0.3, -0.25) is 0 Å². The number of hydrogen-bond acceptors (Lipinski definition) is 3. The van der Waals surface area contributed by atoms with E-state index in [1.807, 2.05) is 0 Å². The van der Waals surface area contributed by atoms with Gasteiger partial charge in [-0.2, -0.15) is 0 Å². The molecule has 0 spiro atoms. The topological polar surface area (TPSA) is 33.1 Å².